The summed E-state index contributed by atoms with van der Waals surface area (Å²) in [6.07, 6.45) is 0.181. The van der Waals surface area contributed by atoms with Crippen LogP contribution in [-0.2, 0) is 11.2 Å². The highest BCUT2D eigenvalue weighted by Gasteiger charge is 2.11. The van der Waals surface area contributed by atoms with E-state index in [2.05, 4.69) is 5.32 Å². The second-order valence-electron chi connectivity index (χ2n) is 4.21. The average Bonchev–Trinajstić information content (AvgIpc) is 2.33. The Morgan fingerprint density at radius 3 is 2.35 bits per heavy atom. The van der Waals surface area contributed by atoms with E-state index in [1.165, 1.54) is 12.1 Å². The maximum atomic E-state index is 12.0. The lowest BCUT2D eigenvalue weighted by Gasteiger charge is -2.10. The van der Waals surface area contributed by atoms with Gasteiger partial charge >= 0.3 is 0 Å². The van der Waals surface area contributed by atoms with Crippen LogP contribution in [0.25, 0.3) is 0 Å². The molecular weight excluding hydrogens is 319 g/mol. The number of nitrogen functional groups attached to an aromatic ring is 1. The van der Waals surface area contributed by atoms with Crippen LogP contribution in [0, 0.1) is 0 Å². The number of hydrogen-bond donors (Lipinski definition) is 2. The molecule has 0 fully saturated rings. The fourth-order valence-electron chi connectivity index (χ4n) is 1.73. The van der Waals surface area contributed by atoms with E-state index in [9.17, 15) is 4.79 Å². The van der Waals surface area contributed by atoms with Gasteiger partial charge in [-0.3, -0.25) is 4.79 Å². The first-order valence-electron chi connectivity index (χ1n) is 5.74. The molecule has 1 amide bonds. The zero-order valence-electron chi connectivity index (χ0n) is 10.3. The molecule has 0 saturated carbocycles. The van der Waals surface area contributed by atoms with E-state index in [-0.39, 0.29) is 12.3 Å². The minimum atomic E-state index is -0.235. The third-order valence-corrected chi connectivity index (χ3v) is 3.40. The zero-order valence-corrected chi connectivity index (χ0v) is 12.6. The number of halogens is 3. The number of carbonyl (C=O) groups excluding carboxylic acids is 1. The Kier molecular flexibility index (Phi) is 4.76. The van der Waals surface area contributed by atoms with Crippen molar-refractivity contribution in [1.29, 1.82) is 0 Å². The molecular formula is C14H11Cl3N2O. The number of benzene rings is 2. The molecule has 3 N–H and O–H groups in total. The molecule has 0 atom stereocenters. The predicted octanol–water partition coefficient (Wildman–Crippen LogP) is 4.41. The van der Waals surface area contributed by atoms with Gasteiger partial charge in [0.1, 0.15) is 0 Å². The zero-order chi connectivity index (χ0) is 14.7. The van der Waals surface area contributed by atoms with Gasteiger partial charge in [0.05, 0.1) is 22.2 Å². The van der Waals surface area contributed by atoms with Crippen LogP contribution in [0.2, 0.25) is 15.1 Å². The average molecular weight is 330 g/mol. The second-order valence-corrected chi connectivity index (χ2v) is 5.47. The molecule has 0 heterocycles. The van der Waals surface area contributed by atoms with Crippen molar-refractivity contribution >= 4 is 52.1 Å². The van der Waals surface area contributed by atoms with Crippen LogP contribution in [-0.4, -0.2) is 5.91 Å². The van der Waals surface area contributed by atoms with E-state index < -0.39 is 0 Å². The van der Waals surface area contributed by atoms with Crippen LogP contribution in [0.1, 0.15) is 5.56 Å². The van der Waals surface area contributed by atoms with Crippen molar-refractivity contribution in [1.82, 2.24) is 0 Å². The van der Waals surface area contributed by atoms with Crippen molar-refractivity contribution in [2.75, 3.05) is 11.1 Å². The van der Waals surface area contributed by atoms with Gasteiger partial charge in [0.2, 0.25) is 5.91 Å². The number of amides is 1. The van der Waals surface area contributed by atoms with E-state index in [1.807, 2.05) is 6.07 Å². The van der Waals surface area contributed by atoms with E-state index >= 15 is 0 Å². The van der Waals surface area contributed by atoms with E-state index in [0.717, 1.165) is 5.56 Å². The molecule has 0 aliphatic carbocycles. The van der Waals surface area contributed by atoms with Crippen molar-refractivity contribution in [2.24, 2.45) is 0 Å². The standard InChI is InChI=1S/C14H11Cl3N2O/c15-9-6-11(16)14(12(17)7-9)19-13(20)5-8-2-1-3-10(18)4-8/h1-4,6-7H,5,18H2,(H,19,20). The van der Waals surface area contributed by atoms with E-state index in [1.54, 1.807) is 18.2 Å². The topological polar surface area (TPSA) is 55.1 Å². The van der Waals surface area contributed by atoms with Gasteiger partial charge in [0.15, 0.2) is 0 Å². The highest BCUT2D eigenvalue weighted by molar-refractivity contribution is 6.42. The van der Waals surface area contributed by atoms with Gasteiger partial charge in [0.25, 0.3) is 0 Å². The third kappa shape index (κ3) is 3.79. The monoisotopic (exact) mass is 328 g/mol. The van der Waals surface area contributed by atoms with Crippen LogP contribution >= 0.6 is 34.8 Å². The first kappa shape index (κ1) is 15.0. The molecule has 0 saturated heterocycles. The van der Waals surface area contributed by atoms with Gasteiger partial charge in [0, 0.05) is 10.7 Å². The smallest absolute Gasteiger partial charge is 0.228 e. The molecule has 2 aromatic rings. The Hall–Kier alpha value is -1.42. The predicted molar refractivity (Wildman–Crippen MR) is 84.7 cm³/mol. The summed E-state index contributed by atoms with van der Waals surface area (Å²) in [5.74, 6) is -0.235. The largest absolute Gasteiger partial charge is 0.399 e. The Morgan fingerprint density at radius 2 is 1.75 bits per heavy atom. The Labute approximate surface area is 131 Å². The molecule has 0 aliphatic heterocycles. The lowest BCUT2D eigenvalue weighted by molar-refractivity contribution is -0.115. The van der Waals surface area contributed by atoms with Crippen LogP contribution in [0.5, 0.6) is 0 Å². The molecule has 0 bridgehead atoms. The minimum absolute atomic E-state index is 0.181. The van der Waals surface area contributed by atoms with Gasteiger partial charge < -0.3 is 11.1 Å². The molecule has 6 heteroatoms. The van der Waals surface area contributed by atoms with Crippen molar-refractivity contribution in [3.05, 3.63) is 57.0 Å². The number of carbonyl (C=O) groups is 1. The summed E-state index contributed by atoms with van der Waals surface area (Å²) >= 11 is 17.8. The second kappa shape index (κ2) is 6.35. The Balaban J connectivity index is 2.13. The van der Waals surface area contributed by atoms with E-state index in [4.69, 9.17) is 40.5 Å². The van der Waals surface area contributed by atoms with Gasteiger partial charge in [-0.15, -0.1) is 0 Å². The normalized spacial score (nSPS) is 10.3. The van der Waals surface area contributed by atoms with Gasteiger partial charge in [-0.2, -0.15) is 0 Å². The summed E-state index contributed by atoms with van der Waals surface area (Å²) in [5, 5.41) is 3.67. The lowest BCUT2D eigenvalue weighted by atomic mass is 10.1. The maximum Gasteiger partial charge on any atom is 0.228 e. The van der Waals surface area contributed by atoms with Crippen LogP contribution in [0.15, 0.2) is 36.4 Å². The number of rotatable bonds is 3. The third-order valence-electron chi connectivity index (χ3n) is 2.59. The van der Waals surface area contributed by atoms with Crippen LogP contribution in [0.3, 0.4) is 0 Å². The first-order chi connectivity index (χ1) is 9.45. The summed E-state index contributed by atoms with van der Waals surface area (Å²) in [6, 6.07) is 10.1. The summed E-state index contributed by atoms with van der Waals surface area (Å²) in [6.45, 7) is 0. The quantitative estimate of drug-likeness (QED) is 0.819. The highest BCUT2D eigenvalue weighted by Crippen LogP contribution is 2.33. The van der Waals surface area contributed by atoms with Crippen LogP contribution in [0.4, 0.5) is 11.4 Å². The SMILES string of the molecule is Nc1cccc(CC(=O)Nc2c(Cl)cc(Cl)cc2Cl)c1. The molecule has 0 aromatic heterocycles. The Bertz CT molecular complexity index is 636. The summed E-state index contributed by atoms with van der Waals surface area (Å²) in [7, 11) is 0. The maximum absolute atomic E-state index is 12.0. The van der Waals surface area contributed by atoms with Gasteiger partial charge in [-0.25, -0.2) is 0 Å². The molecule has 0 aliphatic rings. The van der Waals surface area contributed by atoms with Crippen molar-refractivity contribution in [3.8, 4) is 0 Å². The van der Waals surface area contributed by atoms with Crippen LogP contribution < -0.4 is 11.1 Å². The van der Waals surface area contributed by atoms with Gasteiger partial charge in [-0.1, -0.05) is 46.9 Å². The number of anilines is 2. The number of nitrogens with one attached hydrogen (secondary N) is 1. The summed E-state index contributed by atoms with van der Waals surface area (Å²) in [5.41, 5.74) is 7.43. The molecule has 0 unspecified atom stereocenters. The fourth-order valence-corrected chi connectivity index (χ4v) is 2.65. The highest BCUT2D eigenvalue weighted by atomic mass is 35.5. The molecule has 3 nitrogen and oxygen atoms in total. The van der Waals surface area contributed by atoms with Crippen molar-refractivity contribution < 1.29 is 4.79 Å². The minimum Gasteiger partial charge on any atom is -0.399 e. The van der Waals surface area contributed by atoms with Crippen molar-refractivity contribution in [2.45, 2.75) is 6.42 Å². The molecule has 2 aromatic carbocycles. The molecule has 2 rings (SSSR count). The molecule has 0 radical (unpaired) electrons. The lowest BCUT2D eigenvalue weighted by Crippen LogP contribution is -2.15. The van der Waals surface area contributed by atoms with Crippen molar-refractivity contribution in [3.63, 3.8) is 0 Å². The Morgan fingerprint density at radius 1 is 1.10 bits per heavy atom. The number of nitrogens with two attached hydrogens (primary N) is 1. The fraction of sp³-hybridized carbons (Fsp3) is 0.0714. The molecule has 0 spiro atoms. The molecule has 20 heavy (non-hydrogen) atoms. The molecule has 104 valence electrons. The summed E-state index contributed by atoms with van der Waals surface area (Å²) in [4.78, 5) is 12.0. The first-order valence-corrected chi connectivity index (χ1v) is 6.88. The van der Waals surface area contributed by atoms with E-state index in [0.29, 0.717) is 26.4 Å². The summed E-state index contributed by atoms with van der Waals surface area (Å²) < 4.78 is 0. The number of hydrogen-bond acceptors (Lipinski definition) is 2. The van der Waals surface area contributed by atoms with Gasteiger partial charge in [-0.05, 0) is 29.8 Å².